The van der Waals surface area contributed by atoms with Crippen molar-refractivity contribution in [3.8, 4) is 0 Å². The van der Waals surface area contributed by atoms with Gasteiger partial charge in [-0.05, 0) is 30.7 Å². The molecule has 2 aromatic rings. The van der Waals surface area contributed by atoms with Crippen LogP contribution in [0.4, 0.5) is 5.13 Å². The van der Waals surface area contributed by atoms with Gasteiger partial charge in [0.05, 0.1) is 11.8 Å². The van der Waals surface area contributed by atoms with E-state index < -0.39 is 0 Å². The molecule has 1 aromatic carbocycles. The highest BCUT2D eigenvalue weighted by atomic mass is 32.1. The van der Waals surface area contributed by atoms with E-state index in [0.29, 0.717) is 11.0 Å². The minimum Gasteiger partial charge on any atom is -0.274 e. The lowest BCUT2D eigenvalue weighted by Crippen LogP contribution is -2.30. The first-order valence-electron chi connectivity index (χ1n) is 7.58. The van der Waals surface area contributed by atoms with Crippen LogP contribution in [0.5, 0.6) is 0 Å². The van der Waals surface area contributed by atoms with Crippen LogP contribution in [0.15, 0.2) is 41.9 Å². The number of anilines is 1. The normalized spacial score (nSPS) is 28.0. The van der Waals surface area contributed by atoms with Crippen LogP contribution in [-0.2, 0) is 9.59 Å². The van der Waals surface area contributed by atoms with E-state index in [9.17, 15) is 9.59 Å². The number of hydrogen-bond acceptors (Lipinski definition) is 4. The average molecular weight is 312 g/mol. The first-order chi connectivity index (χ1) is 10.8. The molecule has 0 bridgehead atoms. The third-order valence-corrected chi connectivity index (χ3v) is 5.56. The molecule has 2 heterocycles. The van der Waals surface area contributed by atoms with Crippen LogP contribution in [0.2, 0.25) is 0 Å². The number of nitrogens with zero attached hydrogens (tertiary/aromatic N) is 2. The van der Waals surface area contributed by atoms with E-state index in [4.69, 9.17) is 0 Å². The quantitative estimate of drug-likeness (QED) is 0.800. The van der Waals surface area contributed by atoms with E-state index in [1.54, 1.807) is 11.6 Å². The van der Waals surface area contributed by atoms with Crippen LogP contribution in [0, 0.1) is 11.8 Å². The molecule has 0 spiro atoms. The van der Waals surface area contributed by atoms with Crippen LogP contribution < -0.4 is 4.90 Å². The van der Waals surface area contributed by atoms with Gasteiger partial charge in [0.25, 0.3) is 0 Å². The molecule has 1 saturated carbocycles. The van der Waals surface area contributed by atoms with Gasteiger partial charge < -0.3 is 0 Å². The van der Waals surface area contributed by atoms with Gasteiger partial charge in [-0.2, -0.15) is 0 Å². The number of imide groups is 1. The average Bonchev–Trinajstić information content (AvgIpc) is 3.16. The Morgan fingerprint density at radius 1 is 1.05 bits per heavy atom. The zero-order valence-corrected chi connectivity index (χ0v) is 12.8. The van der Waals surface area contributed by atoms with Crippen LogP contribution in [0.25, 0.3) is 0 Å². The minimum atomic E-state index is -0.185. The summed E-state index contributed by atoms with van der Waals surface area (Å²) in [7, 11) is 0. The van der Waals surface area contributed by atoms with Crippen molar-refractivity contribution in [2.24, 2.45) is 11.8 Å². The van der Waals surface area contributed by atoms with E-state index in [-0.39, 0.29) is 23.7 Å². The summed E-state index contributed by atoms with van der Waals surface area (Å²) in [4.78, 5) is 30.7. The number of carbonyl (C=O) groups excluding carboxylic acids is 2. The van der Waals surface area contributed by atoms with E-state index in [1.165, 1.54) is 21.8 Å². The number of aromatic nitrogens is 1. The van der Waals surface area contributed by atoms with E-state index >= 15 is 0 Å². The van der Waals surface area contributed by atoms with Crippen molar-refractivity contribution < 1.29 is 9.59 Å². The molecule has 3 unspecified atom stereocenters. The van der Waals surface area contributed by atoms with Crippen molar-refractivity contribution in [3.63, 3.8) is 0 Å². The lowest BCUT2D eigenvalue weighted by atomic mass is 9.73. The Balaban J connectivity index is 1.60. The van der Waals surface area contributed by atoms with Crippen molar-refractivity contribution in [2.75, 3.05) is 4.90 Å². The van der Waals surface area contributed by atoms with Gasteiger partial charge in [-0.3, -0.25) is 9.59 Å². The fraction of sp³-hybridized carbons (Fsp3) is 0.353. The molecule has 1 aliphatic carbocycles. The number of amides is 2. The Labute approximate surface area is 132 Å². The predicted octanol–water partition coefficient (Wildman–Crippen LogP) is 3.22. The maximum Gasteiger partial charge on any atom is 0.239 e. The molecule has 5 heteroatoms. The highest BCUT2D eigenvalue weighted by molar-refractivity contribution is 7.14. The van der Waals surface area contributed by atoms with E-state index in [1.807, 2.05) is 18.2 Å². The van der Waals surface area contributed by atoms with Crippen molar-refractivity contribution >= 4 is 28.3 Å². The Hall–Kier alpha value is -2.01. The summed E-state index contributed by atoms with van der Waals surface area (Å²) in [6.45, 7) is 0. The molecule has 1 saturated heterocycles. The van der Waals surface area contributed by atoms with Gasteiger partial charge in [-0.25, -0.2) is 9.88 Å². The van der Waals surface area contributed by atoms with Crippen LogP contribution in [-0.4, -0.2) is 16.8 Å². The molecule has 1 aliphatic heterocycles. The molecule has 2 aliphatic rings. The minimum absolute atomic E-state index is 0.0588. The Bertz CT molecular complexity index is 699. The maximum absolute atomic E-state index is 12.7. The van der Waals surface area contributed by atoms with Crippen molar-refractivity contribution in [1.82, 2.24) is 4.98 Å². The van der Waals surface area contributed by atoms with Gasteiger partial charge in [0.15, 0.2) is 5.13 Å². The van der Waals surface area contributed by atoms with Crippen LogP contribution >= 0.6 is 11.3 Å². The summed E-state index contributed by atoms with van der Waals surface area (Å²) >= 11 is 1.34. The van der Waals surface area contributed by atoms with Gasteiger partial charge in [0, 0.05) is 11.6 Å². The zero-order valence-electron chi connectivity index (χ0n) is 12.0. The summed E-state index contributed by atoms with van der Waals surface area (Å²) in [5.74, 6) is -0.0933. The van der Waals surface area contributed by atoms with Gasteiger partial charge in [0.2, 0.25) is 11.8 Å². The second-order valence-electron chi connectivity index (χ2n) is 5.96. The monoisotopic (exact) mass is 312 g/mol. The molecule has 2 fully saturated rings. The molecule has 0 radical (unpaired) electrons. The molecule has 22 heavy (non-hydrogen) atoms. The lowest BCUT2D eigenvalue weighted by molar-refractivity contribution is -0.122. The molecular weight excluding hydrogens is 296 g/mol. The number of hydrogen-bond donors (Lipinski definition) is 0. The zero-order chi connectivity index (χ0) is 15.1. The third-order valence-electron chi connectivity index (χ3n) is 4.81. The molecule has 4 nitrogen and oxygen atoms in total. The lowest BCUT2D eigenvalue weighted by Gasteiger charge is -2.28. The Morgan fingerprint density at radius 2 is 1.82 bits per heavy atom. The molecule has 1 aromatic heterocycles. The Kier molecular flexibility index (Phi) is 3.30. The summed E-state index contributed by atoms with van der Waals surface area (Å²) in [5, 5.41) is 2.31. The Morgan fingerprint density at radius 3 is 2.55 bits per heavy atom. The molecule has 2 amide bonds. The van der Waals surface area contributed by atoms with Gasteiger partial charge in [-0.1, -0.05) is 30.3 Å². The summed E-state index contributed by atoms with van der Waals surface area (Å²) < 4.78 is 0. The highest BCUT2D eigenvalue weighted by Crippen LogP contribution is 2.45. The van der Waals surface area contributed by atoms with Crippen molar-refractivity contribution in [1.29, 1.82) is 0 Å². The second kappa shape index (κ2) is 5.32. The number of fused-ring (bicyclic) bond motifs is 1. The number of rotatable bonds is 2. The van der Waals surface area contributed by atoms with E-state index in [2.05, 4.69) is 17.1 Å². The van der Waals surface area contributed by atoms with Crippen LogP contribution in [0.1, 0.15) is 30.7 Å². The molecule has 0 N–H and O–H groups in total. The first-order valence-corrected chi connectivity index (χ1v) is 8.46. The fourth-order valence-corrected chi connectivity index (χ4v) is 4.37. The predicted molar refractivity (Wildman–Crippen MR) is 84.6 cm³/mol. The van der Waals surface area contributed by atoms with Crippen LogP contribution in [0.3, 0.4) is 0 Å². The van der Waals surface area contributed by atoms with Gasteiger partial charge >= 0.3 is 0 Å². The van der Waals surface area contributed by atoms with Gasteiger partial charge in [-0.15, -0.1) is 11.3 Å². The molecule has 3 atom stereocenters. The molecule has 112 valence electrons. The summed E-state index contributed by atoms with van der Waals surface area (Å²) in [5.41, 5.74) is 1.27. The van der Waals surface area contributed by atoms with E-state index in [0.717, 1.165) is 19.3 Å². The van der Waals surface area contributed by atoms with Crippen molar-refractivity contribution in [2.45, 2.75) is 25.2 Å². The highest BCUT2D eigenvalue weighted by Gasteiger charge is 2.51. The maximum atomic E-state index is 12.7. The number of carbonyl (C=O) groups is 2. The largest absolute Gasteiger partial charge is 0.274 e. The summed E-state index contributed by atoms with van der Waals surface area (Å²) in [6.07, 6.45) is 4.16. The smallest absolute Gasteiger partial charge is 0.239 e. The third kappa shape index (κ3) is 2.08. The molecular formula is C17H16N2O2S. The SMILES string of the molecule is O=C1C2CCC(c3ccccc3)CC2C(=O)N1c1nccs1. The number of benzene rings is 1. The standard InChI is InChI=1S/C17H16N2O2S/c20-15-13-7-6-12(11-4-2-1-3-5-11)10-14(13)16(21)19(15)17-18-8-9-22-17/h1-5,8-9,12-14H,6-7,10H2. The molecule has 4 rings (SSSR count). The topological polar surface area (TPSA) is 50.3 Å². The number of thiazole rings is 1. The fourth-order valence-electron chi connectivity index (χ4n) is 3.72. The van der Waals surface area contributed by atoms with Gasteiger partial charge in [0.1, 0.15) is 0 Å². The first kappa shape index (κ1) is 13.6. The van der Waals surface area contributed by atoms with Crippen molar-refractivity contribution in [3.05, 3.63) is 47.5 Å². The summed E-state index contributed by atoms with van der Waals surface area (Å²) in [6, 6.07) is 10.3. The second-order valence-corrected chi connectivity index (χ2v) is 6.83.